The summed E-state index contributed by atoms with van der Waals surface area (Å²) in [4.78, 5) is 12.1. The highest BCUT2D eigenvalue weighted by Gasteiger charge is 2.14. The quantitative estimate of drug-likeness (QED) is 0.748. The van der Waals surface area contributed by atoms with Crippen LogP contribution < -0.4 is 19.5 Å². The molecule has 5 heteroatoms. The third kappa shape index (κ3) is 6.03. The molecule has 2 rings (SSSR count). The van der Waals surface area contributed by atoms with Crippen LogP contribution in [0, 0.1) is 13.8 Å². The van der Waals surface area contributed by atoms with Gasteiger partial charge in [-0.2, -0.15) is 0 Å². The lowest BCUT2D eigenvalue weighted by atomic mass is 10.1. The van der Waals surface area contributed by atoms with Crippen molar-refractivity contribution in [2.75, 3.05) is 20.3 Å². The van der Waals surface area contributed by atoms with Gasteiger partial charge in [0.2, 0.25) is 0 Å². The topological polar surface area (TPSA) is 56.8 Å². The van der Waals surface area contributed by atoms with E-state index < -0.39 is 6.10 Å². The van der Waals surface area contributed by atoms with E-state index in [1.807, 2.05) is 38.1 Å². The minimum atomic E-state index is -0.603. The molecule has 0 aliphatic carbocycles. The van der Waals surface area contributed by atoms with Gasteiger partial charge in [0.1, 0.15) is 23.9 Å². The van der Waals surface area contributed by atoms with Crippen LogP contribution in [0.4, 0.5) is 0 Å². The summed E-state index contributed by atoms with van der Waals surface area (Å²) in [5.74, 6) is 1.90. The first-order chi connectivity index (χ1) is 12.0. The number of rotatable bonds is 8. The molecule has 5 nitrogen and oxygen atoms in total. The van der Waals surface area contributed by atoms with E-state index in [2.05, 4.69) is 11.4 Å². The van der Waals surface area contributed by atoms with Crippen LogP contribution in [0.25, 0.3) is 0 Å². The van der Waals surface area contributed by atoms with Gasteiger partial charge in [-0.05, 0) is 56.2 Å². The number of hydrogen-bond donors (Lipinski definition) is 1. The second kappa shape index (κ2) is 8.97. The Morgan fingerprint density at radius 1 is 1.04 bits per heavy atom. The fourth-order valence-corrected chi connectivity index (χ4v) is 2.44. The Morgan fingerprint density at radius 3 is 2.40 bits per heavy atom. The van der Waals surface area contributed by atoms with Crippen molar-refractivity contribution in [3.63, 3.8) is 0 Å². The molecule has 1 N–H and O–H groups in total. The molecular weight excluding hydrogens is 318 g/mol. The molecule has 0 unspecified atom stereocenters. The first-order valence-corrected chi connectivity index (χ1v) is 8.27. The predicted octanol–water partition coefficient (Wildman–Crippen LogP) is 3.27. The van der Waals surface area contributed by atoms with Crippen molar-refractivity contribution >= 4 is 5.91 Å². The number of amides is 1. The normalized spacial score (nSPS) is 11.5. The molecule has 0 saturated carbocycles. The number of aryl methyl sites for hydroxylation is 2. The number of nitrogens with one attached hydrogen (secondary N) is 1. The average Bonchev–Trinajstić information content (AvgIpc) is 2.57. The lowest BCUT2D eigenvalue weighted by Crippen LogP contribution is -2.38. The van der Waals surface area contributed by atoms with Gasteiger partial charge in [-0.25, -0.2) is 0 Å². The molecule has 25 heavy (non-hydrogen) atoms. The summed E-state index contributed by atoms with van der Waals surface area (Å²) in [7, 11) is 1.59. The zero-order valence-electron chi connectivity index (χ0n) is 15.2. The van der Waals surface area contributed by atoms with Crippen molar-refractivity contribution in [1.82, 2.24) is 5.32 Å². The number of carbonyl (C=O) groups is 1. The van der Waals surface area contributed by atoms with Gasteiger partial charge in [0.05, 0.1) is 13.7 Å². The van der Waals surface area contributed by atoms with E-state index in [1.165, 1.54) is 0 Å². The third-order valence-corrected chi connectivity index (χ3v) is 3.59. The Bertz CT molecular complexity index is 694. The van der Waals surface area contributed by atoms with Crippen molar-refractivity contribution in [2.45, 2.75) is 26.9 Å². The highest BCUT2D eigenvalue weighted by molar-refractivity contribution is 5.80. The van der Waals surface area contributed by atoms with Crippen LogP contribution in [0.3, 0.4) is 0 Å². The van der Waals surface area contributed by atoms with Gasteiger partial charge < -0.3 is 19.5 Å². The van der Waals surface area contributed by atoms with Gasteiger partial charge in [-0.3, -0.25) is 4.79 Å². The predicted molar refractivity (Wildman–Crippen MR) is 97.5 cm³/mol. The Hall–Kier alpha value is -2.69. The summed E-state index contributed by atoms with van der Waals surface area (Å²) < 4.78 is 16.4. The summed E-state index contributed by atoms with van der Waals surface area (Å²) in [6.45, 7) is 6.58. The largest absolute Gasteiger partial charge is 0.497 e. The maximum atomic E-state index is 12.1. The number of carbonyl (C=O) groups excluding carboxylic acids is 1. The molecule has 1 atom stereocenters. The Kier molecular flexibility index (Phi) is 6.69. The number of benzene rings is 2. The first-order valence-electron chi connectivity index (χ1n) is 8.27. The number of ether oxygens (including phenoxy) is 3. The highest BCUT2D eigenvalue weighted by Crippen LogP contribution is 2.20. The second-order valence-electron chi connectivity index (χ2n) is 5.90. The minimum Gasteiger partial charge on any atom is -0.497 e. The molecule has 0 aromatic heterocycles. The summed E-state index contributed by atoms with van der Waals surface area (Å²) in [6.07, 6.45) is -0.603. The fraction of sp³-hybridized carbons (Fsp3) is 0.350. The lowest BCUT2D eigenvalue weighted by molar-refractivity contribution is -0.127. The van der Waals surface area contributed by atoms with Crippen LogP contribution in [0.5, 0.6) is 17.2 Å². The van der Waals surface area contributed by atoms with E-state index in [4.69, 9.17) is 14.2 Å². The van der Waals surface area contributed by atoms with Crippen molar-refractivity contribution < 1.29 is 19.0 Å². The molecule has 1 amide bonds. The molecule has 0 radical (unpaired) electrons. The number of hydrogen-bond acceptors (Lipinski definition) is 4. The van der Waals surface area contributed by atoms with Gasteiger partial charge in [-0.1, -0.05) is 12.1 Å². The lowest BCUT2D eigenvalue weighted by Gasteiger charge is -2.15. The molecule has 0 spiro atoms. The van der Waals surface area contributed by atoms with Crippen molar-refractivity contribution in [1.29, 1.82) is 0 Å². The van der Waals surface area contributed by atoms with Gasteiger partial charge >= 0.3 is 0 Å². The molecule has 0 fully saturated rings. The van der Waals surface area contributed by atoms with Crippen molar-refractivity contribution in [2.24, 2.45) is 0 Å². The van der Waals surface area contributed by atoms with E-state index in [9.17, 15) is 4.79 Å². The van der Waals surface area contributed by atoms with Crippen molar-refractivity contribution in [3.05, 3.63) is 53.6 Å². The van der Waals surface area contributed by atoms with Gasteiger partial charge in [0.25, 0.3) is 5.91 Å². The molecule has 0 bridgehead atoms. The molecule has 2 aromatic carbocycles. The van der Waals surface area contributed by atoms with E-state index in [0.717, 1.165) is 16.9 Å². The van der Waals surface area contributed by atoms with Crippen LogP contribution in [-0.2, 0) is 4.79 Å². The maximum Gasteiger partial charge on any atom is 0.260 e. The second-order valence-corrected chi connectivity index (χ2v) is 5.90. The van der Waals surface area contributed by atoms with Gasteiger partial charge in [0, 0.05) is 6.07 Å². The Balaban J connectivity index is 1.75. The van der Waals surface area contributed by atoms with E-state index in [1.54, 1.807) is 26.2 Å². The zero-order valence-corrected chi connectivity index (χ0v) is 15.2. The molecule has 0 heterocycles. The van der Waals surface area contributed by atoms with Crippen LogP contribution in [-0.4, -0.2) is 32.3 Å². The fourth-order valence-electron chi connectivity index (χ4n) is 2.44. The SMILES string of the molecule is COc1cccc(O[C@H](C)C(=O)NCCOc2cc(C)cc(C)c2)c1. The minimum absolute atomic E-state index is 0.188. The van der Waals surface area contributed by atoms with Crippen molar-refractivity contribution in [3.8, 4) is 17.2 Å². The average molecular weight is 343 g/mol. The molecule has 0 saturated heterocycles. The summed E-state index contributed by atoms with van der Waals surface area (Å²) in [5, 5.41) is 2.81. The van der Waals surface area contributed by atoms with E-state index >= 15 is 0 Å². The molecular formula is C20H25NO4. The summed E-state index contributed by atoms with van der Waals surface area (Å²) in [6, 6.07) is 13.2. The molecule has 134 valence electrons. The molecule has 0 aliphatic rings. The smallest absolute Gasteiger partial charge is 0.260 e. The standard InChI is InChI=1S/C20H25NO4/c1-14-10-15(2)12-19(11-14)24-9-8-21-20(22)16(3)25-18-7-5-6-17(13-18)23-4/h5-7,10-13,16H,8-9H2,1-4H3,(H,21,22)/t16-/m1/s1. The summed E-state index contributed by atoms with van der Waals surface area (Å²) in [5.41, 5.74) is 2.30. The van der Waals surface area contributed by atoms with Crippen LogP contribution in [0.15, 0.2) is 42.5 Å². The van der Waals surface area contributed by atoms with E-state index in [-0.39, 0.29) is 5.91 Å². The number of methoxy groups -OCH3 is 1. The van der Waals surface area contributed by atoms with E-state index in [0.29, 0.717) is 24.7 Å². The Morgan fingerprint density at radius 2 is 1.72 bits per heavy atom. The van der Waals surface area contributed by atoms with Crippen LogP contribution in [0.1, 0.15) is 18.1 Å². The maximum absolute atomic E-state index is 12.1. The third-order valence-electron chi connectivity index (χ3n) is 3.59. The highest BCUT2D eigenvalue weighted by atomic mass is 16.5. The van der Waals surface area contributed by atoms with Gasteiger partial charge in [0.15, 0.2) is 6.10 Å². The van der Waals surface area contributed by atoms with Gasteiger partial charge in [-0.15, -0.1) is 0 Å². The Labute approximate surface area is 148 Å². The van der Waals surface area contributed by atoms with Crippen LogP contribution >= 0.6 is 0 Å². The summed E-state index contributed by atoms with van der Waals surface area (Å²) >= 11 is 0. The first kappa shape index (κ1) is 18.6. The van der Waals surface area contributed by atoms with Crippen LogP contribution in [0.2, 0.25) is 0 Å². The zero-order chi connectivity index (χ0) is 18.2. The molecule has 0 aliphatic heterocycles. The molecule has 2 aromatic rings. The monoisotopic (exact) mass is 343 g/mol.